The van der Waals surface area contributed by atoms with Crippen molar-refractivity contribution in [3.63, 3.8) is 0 Å². The Bertz CT molecular complexity index is 567. The molecule has 2 rings (SSSR count). The molecular weight excluding hydrogens is 222 g/mol. The molecule has 2 nitrogen and oxygen atoms in total. The number of para-hydroxylation sites is 1. The number of hydrogen-bond acceptors (Lipinski definition) is 2. The quantitative estimate of drug-likeness (QED) is 0.815. The van der Waals surface area contributed by atoms with Crippen molar-refractivity contribution in [1.29, 1.82) is 0 Å². The number of benzene rings is 1. The van der Waals surface area contributed by atoms with E-state index in [4.69, 9.17) is 0 Å². The van der Waals surface area contributed by atoms with E-state index >= 15 is 0 Å². The van der Waals surface area contributed by atoms with Crippen LogP contribution in [0.5, 0.6) is 0 Å². The number of rotatable bonds is 4. The number of carbonyl (C=O) groups excluding carboxylic acids is 1. The van der Waals surface area contributed by atoms with E-state index in [1.165, 1.54) is 10.9 Å². The summed E-state index contributed by atoms with van der Waals surface area (Å²) in [5.74, 6) is 0.248. The summed E-state index contributed by atoms with van der Waals surface area (Å²) in [4.78, 5) is 15.7. The molecule has 0 spiro atoms. The third-order valence-electron chi connectivity index (χ3n) is 3.14. The monoisotopic (exact) mass is 241 g/mol. The van der Waals surface area contributed by atoms with Gasteiger partial charge in [0.25, 0.3) is 0 Å². The van der Waals surface area contributed by atoms with E-state index in [2.05, 4.69) is 31.0 Å². The highest BCUT2D eigenvalue weighted by atomic mass is 16.1. The molecule has 0 aliphatic rings. The first-order valence-corrected chi connectivity index (χ1v) is 6.30. The highest BCUT2D eigenvalue weighted by Gasteiger charge is 2.21. The Morgan fingerprint density at radius 3 is 2.67 bits per heavy atom. The Morgan fingerprint density at radius 1 is 1.22 bits per heavy atom. The number of Topliss-reactive ketones (excluding diaryl/α,β-unsaturated/α-hetero) is 1. The molecule has 94 valence electrons. The van der Waals surface area contributed by atoms with Crippen molar-refractivity contribution in [2.45, 2.75) is 33.6 Å². The summed E-state index contributed by atoms with van der Waals surface area (Å²) in [5, 5.41) is 1.19. The van der Waals surface area contributed by atoms with E-state index in [0.29, 0.717) is 6.42 Å². The molecule has 0 aliphatic heterocycles. The first-order chi connectivity index (χ1) is 8.48. The maximum Gasteiger partial charge on any atom is 0.130 e. The Kier molecular flexibility index (Phi) is 3.46. The summed E-state index contributed by atoms with van der Waals surface area (Å²) < 4.78 is 0. The second-order valence-electron chi connectivity index (χ2n) is 5.71. The van der Waals surface area contributed by atoms with Crippen LogP contribution in [-0.4, -0.2) is 10.8 Å². The fraction of sp³-hybridized carbons (Fsp3) is 0.375. The van der Waals surface area contributed by atoms with Gasteiger partial charge in [-0.2, -0.15) is 0 Å². The second kappa shape index (κ2) is 4.89. The number of carbonyl (C=O) groups is 1. The molecule has 0 radical (unpaired) electrons. The standard InChI is InChI=1S/C16H19NO/c1-12(18)10-16(2,3)11-13-8-9-17-15-7-5-4-6-14(13)15/h4-9H,10-11H2,1-3H3. The molecule has 2 heteroatoms. The zero-order chi connectivity index (χ0) is 13.2. The van der Waals surface area contributed by atoms with Gasteiger partial charge in [0, 0.05) is 18.0 Å². The van der Waals surface area contributed by atoms with Crippen LogP contribution in [0.4, 0.5) is 0 Å². The van der Waals surface area contributed by atoms with E-state index < -0.39 is 0 Å². The molecule has 2 aromatic rings. The molecule has 0 N–H and O–H groups in total. The van der Waals surface area contributed by atoms with Crippen molar-refractivity contribution >= 4 is 16.7 Å². The summed E-state index contributed by atoms with van der Waals surface area (Å²) >= 11 is 0. The first kappa shape index (κ1) is 12.7. The fourth-order valence-corrected chi connectivity index (χ4v) is 2.56. The van der Waals surface area contributed by atoms with Crippen LogP contribution < -0.4 is 0 Å². The molecule has 0 aliphatic carbocycles. The zero-order valence-electron chi connectivity index (χ0n) is 11.2. The Morgan fingerprint density at radius 2 is 1.94 bits per heavy atom. The molecule has 0 unspecified atom stereocenters. The third kappa shape index (κ3) is 2.95. The van der Waals surface area contributed by atoms with Gasteiger partial charge in [0.2, 0.25) is 0 Å². The van der Waals surface area contributed by atoms with Crippen molar-refractivity contribution in [3.05, 3.63) is 42.1 Å². The molecule has 0 atom stereocenters. The van der Waals surface area contributed by atoms with Gasteiger partial charge in [0.05, 0.1) is 5.52 Å². The predicted octanol–water partition coefficient (Wildman–Crippen LogP) is 3.78. The van der Waals surface area contributed by atoms with Gasteiger partial charge in [0.15, 0.2) is 0 Å². The van der Waals surface area contributed by atoms with Gasteiger partial charge in [-0.1, -0.05) is 32.0 Å². The minimum atomic E-state index is -0.00401. The van der Waals surface area contributed by atoms with Gasteiger partial charge in [-0.3, -0.25) is 4.98 Å². The van der Waals surface area contributed by atoms with Crippen molar-refractivity contribution in [3.8, 4) is 0 Å². The lowest BCUT2D eigenvalue weighted by atomic mass is 9.81. The molecule has 18 heavy (non-hydrogen) atoms. The van der Waals surface area contributed by atoms with E-state index in [9.17, 15) is 4.79 Å². The minimum absolute atomic E-state index is 0.00401. The van der Waals surface area contributed by atoms with Crippen molar-refractivity contribution in [1.82, 2.24) is 4.98 Å². The molecule has 0 saturated heterocycles. The number of hydrogen-bond donors (Lipinski definition) is 0. The number of ketones is 1. The number of nitrogens with zero attached hydrogens (tertiary/aromatic N) is 1. The van der Waals surface area contributed by atoms with E-state index in [1.54, 1.807) is 6.92 Å². The van der Waals surface area contributed by atoms with Crippen LogP contribution >= 0.6 is 0 Å². The van der Waals surface area contributed by atoms with Crippen LogP contribution in [0.1, 0.15) is 32.8 Å². The summed E-state index contributed by atoms with van der Waals surface area (Å²) in [6.07, 6.45) is 3.36. The highest BCUT2D eigenvalue weighted by molar-refractivity contribution is 5.82. The lowest BCUT2D eigenvalue weighted by molar-refractivity contribution is -0.118. The number of fused-ring (bicyclic) bond motifs is 1. The molecule has 0 amide bonds. The maximum atomic E-state index is 11.3. The van der Waals surface area contributed by atoms with Gasteiger partial charge in [-0.15, -0.1) is 0 Å². The Balaban J connectivity index is 2.34. The largest absolute Gasteiger partial charge is 0.300 e. The minimum Gasteiger partial charge on any atom is -0.300 e. The van der Waals surface area contributed by atoms with E-state index in [-0.39, 0.29) is 11.2 Å². The lowest BCUT2D eigenvalue weighted by Crippen LogP contribution is -2.18. The van der Waals surface area contributed by atoms with E-state index in [0.717, 1.165) is 11.9 Å². The van der Waals surface area contributed by atoms with Crippen LogP contribution in [0.15, 0.2) is 36.5 Å². The van der Waals surface area contributed by atoms with Crippen LogP contribution in [0, 0.1) is 5.41 Å². The van der Waals surface area contributed by atoms with Crippen molar-refractivity contribution in [2.24, 2.45) is 5.41 Å². The molecule has 0 fully saturated rings. The number of aromatic nitrogens is 1. The summed E-state index contributed by atoms with van der Waals surface area (Å²) in [7, 11) is 0. The normalized spacial score (nSPS) is 11.7. The van der Waals surface area contributed by atoms with Gasteiger partial charge < -0.3 is 4.79 Å². The lowest BCUT2D eigenvalue weighted by Gasteiger charge is -2.23. The van der Waals surface area contributed by atoms with Gasteiger partial charge >= 0.3 is 0 Å². The average molecular weight is 241 g/mol. The predicted molar refractivity (Wildman–Crippen MR) is 74.5 cm³/mol. The second-order valence-corrected chi connectivity index (χ2v) is 5.71. The van der Waals surface area contributed by atoms with Gasteiger partial charge in [0.1, 0.15) is 5.78 Å². The van der Waals surface area contributed by atoms with Gasteiger partial charge in [-0.25, -0.2) is 0 Å². The smallest absolute Gasteiger partial charge is 0.130 e. The SMILES string of the molecule is CC(=O)CC(C)(C)Cc1ccnc2ccccc12. The molecule has 1 aromatic heterocycles. The molecule has 1 aromatic carbocycles. The van der Waals surface area contributed by atoms with Crippen LogP contribution in [0.3, 0.4) is 0 Å². The maximum absolute atomic E-state index is 11.3. The topological polar surface area (TPSA) is 30.0 Å². The van der Waals surface area contributed by atoms with E-state index in [1.807, 2.05) is 24.4 Å². The first-order valence-electron chi connectivity index (χ1n) is 6.30. The molecule has 0 bridgehead atoms. The molecule has 0 saturated carbocycles. The molecule has 1 heterocycles. The van der Waals surface area contributed by atoms with Crippen LogP contribution in [0.2, 0.25) is 0 Å². The third-order valence-corrected chi connectivity index (χ3v) is 3.14. The fourth-order valence-electron chi connectivity index (χ4n) is 2.56. The average Bonchev–Trinajstić information content (AvgIpc) is 2.27. The van der Waals surface area contributed by atoms with Gasteiger partial charge in [-0.05, 0) is 36.5 Å². The van der Waals surface area contributed by atoms with Crippen LogP contribution in [0.25, 0.3) is 10.9 Å². The highest BCUT2D eigenvalue weighted by Crippen LogP contribution is 2.29. The number of pyridine rings is 1. The summed E-state index contributed by atoms with van der Waals surface area (Å²) in [6, 6.07) is 10.2. The van der Waals surface area contributed by atoms with Crippen molar-refractivity contribution in [2.75, 3.05) is 0 Å². The summed E-state index contributed by atoms with van der Waals surface area (Å²) in [6.45, 7) is 5.94. The Hall–Kier alpha value is -1.70. The van der Waals surface area contributed by atoms with Crippen LogP contribution in [-0.2, 0) is 11.2 Å². The Labute approximate surface area is 108 Å². The molecular formula is C16H19NO. The van der Waals surface area contributed by atoms with Crippen molar-refractivity contribution < 1.29 is 4.79 Å². The summed E-state index contributed by atoms with van der Waals surface area (Å²) in [5.41, 5.74) is 2.29. The zero-order valence-corrected chi connectivity index (χ0v) is 11.2.